The molecule has 9 heteroatoms. The van der Waals surface area contributed by atoms with E-state index in [1.165, 1.54) is 35.5 Å². The minimum Gasteiger partial charge on any atom is -0.472 e. The third kappa shape index (κ3) is 3.29. The van der Waals surface area contributed by atoms with Gasteiger partial charge in [-0.1, -0.05) is 18.2 Å². The van der Waals surface area contributed by atoms with Crippen LogP contribution in [0, 0.1) is 0 Å². The SMILES string of the molecule is O=c1c(-c2nc(-c3ccoc3)nn2-c2cccc(C(F)(F)F)c2)c[nH]c2ccccc12. The number of hydrogen-bond acceptors (Lipinski definition) is 4. The summed E-state index contributed by atoms with van der Waals surface area (Å²) >= 11 is 0. The molecule has 6 nitrogen and oxygen atoms in total. The van der Waals surface area contributed by atoms with E-state index in [0.717, 1.165) is 12.1 Å². The van der Waals surface area contributed by atoms with Crippen LogP contribution >= 0.6 is 0 Å². The summed E-state index contributed by atoms with van der Waals surface area (Å²) in [6.45, 7) is 0. The molecule has 0 fully saturated rings. The zero-order valence-electron chi connectivity index (χ0n) is 15.7. The lowest BCUT2D eigenvalue weighted by molar-refractivity contribution is -0.137. The molecule has 3 heterocycles. The fourth-order valence-corrected chi connectivity index (χ4v) is 3.33. The van der Waals surface area contributed by atoms with Gasteiger partial charge in [-0.15, -0.1) is 5.10 Å². The minimum atomic E-state index is -4.52. The number of hydrogen-bond donors (Lipinski definition) is 1. The molecule has 0 amide bonds. The molecule has 1 N–H and O–H groups in total. The number of aromatic amines is 1. The summed E-state index contributed by atoms with van der Waals surface area (Å²) in [7, 11) is 0. The van der Waals surface area contributed by atoms with Gasteiger partial charge in [0.05, 0.1) is 28.6 Å². The van der Waals surface area contributed by atoms with E-state index in [2.05, 4.69) is 15.1 Å². The number of benzene rings is 2. The summed E-state index contributed by atoms with van der Waals surface area (Å²) < 4.78 is 46.1. The Kier molecular flexibility index (Phi) is 4.25. The first-order valence-electron chi connectivity index (χ1n) is 9.20. The van der Waals surface area contributed by atoms with Crippen LogP contribution in [0.3, 0.4) is 0 Å². The van der Waals surface area contributed by atoms with Gasteiger partial charge in [0.1, 0.15) is 6.26 Å². The Morgan fingerprint density at radius 1 is 1.03 bits per heavy atom. The largest absolute Gasteiger partial charge is 0.472 e. The lowest BCUT2D eigenvalue weighted by Crippen LogP contribution is -2.11. The van der Waals surface area contributed by atoms with E-state index in [0.29, 0.717) is 16.5 Å². The van der Waals surface area contributed by atoms with Crippen LogP contribution in [0.15, 0.2) is 82.5 Å². The number of furan rings is 1. The van der Waals surface area contributed by atoms with Gasteiger partial charge in [0.25, 0.3) is 0 Å². The molecule has 0 aliphatic heterocycles. The minimum absolute atomic E-state index is 0.113. The Morgan fingerprint density at radius 2 is 1.87 bits per heavy atom. The van der Waals surface area contributed by atoms with Crippen molar-refractivity contribution >= 4 is 10.9 Å². The van der Waals surface area contributed by atoms with Crippen LogP contribution in [0.4, 0.5) is 13.2 Å². The summed E-state index contributed by atoms with van der Waals surface area (Å²) in [5.41, 5.74) is 0.330. The summed E-state index contributed by atoms with van der Waals surface area (Å²) in [5, 5.41) is 4.80. The Hall–Kier alpha value is -4.14. The van der Waals surface area contributed by atoms with Gasteiger partial charge in [-0.3, -0.25) is 4.79 Å². The number of H-pyrrole nitrogens is 1. The number of pyridine rings is 1. The fourth-order valence-electron chi connectivity index (χ4n) is 3.33. The van der Waals surface area contributed by atoms with Crippen LogP contribution in [0.1, 0.15) is 5.56 Å². The third-order valence-electron chi connectivity index (χ3n) is 4.83. The van der Waals surface area contributed by atoms with Crippen molar-refractivity contribution in [2.24, 2.45) is 0 Å². The fraction of sp³-hybridized carbons (Fsp3) is 0.0455. The molecule has 0 unspecified atom stereocenters. The zero-order chi connectivity index (χ0) is 21.6. The first-order valence-corrected chi connectivity index (χ1v) is 9.20. The Labute approximate surface area is 172 Å². The summed E-state index contributed by atoms with van der Waals surface area (Å²) in [6, 6.07) is 13.3. The number of nitrogens with zero attached hydrogens (tertiary/aromatic N) is 3. The Balaban J connectivity index is 1.77. The van der Waals surface area contributed by atoms with Crippen molar-refractivity contribution in [3.8, 4) is 28.5 Å². The molecule has 0 atom stereocenters. The van der Waals surface area contributed by atoms with Crippen LogP contribution in [0.2, 0.25) is 0 Å². The van der Waals surface area contributed by atoms with Crippen LogP contribution in [0.5, 0.6) is 0 Å². The molecular formula is C22H13F3N4O2. The van der Waals surface area contributed by atoms with Crippen LogP contribution in [0.25, 0.3) is 39.4 Å². The van der Waals surface area contributed by atoms with E-state index >= 15 is 0 Å². The molecular weight excluding hydrogens is 409 g/mol. The zero-order valence-corrected chi connectivity index (χ0v) is 15.7. The first kappa shape index (κ1) is 18.9. The molecule has 154 valence electrons. The van der Waals surface area contributed by atoms with Crippen molar-refractivity contribution in [2.75, 3.05) is 0 Å². The second kappa shape index (κ2) is 6.98. The van der Waals surface area contributed by atoms with Crippen molar-refractivity contribution < 1.29 is 17.6 Å². The molecule has 0 saturated heterocycles. The third-order valence-corrected chi connectivity index (χ3v) is 4.83. The van der Waals surface area contributed by atoms with Gasteiger partial charge in [0, 0.05) is 17.1 Å². The molecule has 5 rings (SSSR count). The molecule has 3 aromatic heterocycles. The Morgan fingerprint density at radius 3 is 2.65 bits per heavy atom. The lowest BCUT2D eigenvalue weighted by atomic mass is 10.1. The van der Waals surface area contributed by atoms with Crippen LogP contribution in [-0.2, 0) is 6.18 Å². The number of rotatable bonds is 3. The molecule has 0 aliphatic carbocycles. The average molecular weight is 422 g/mol. The maximum absolute atomic E-state index is 13.3. The van der Waals surface area contributed by atoms with Gasteiger partial charge >= 0.3 is 6.18 Å². The molecule has 0 spiro atoms. The standard InChI is InChI=1S/C22H13F3N4O2/c23-22(24,25)14-4-3-5-15(10-14)29-21(27-20(28-29)13-8-9-31-12-13)17-11-26-18-7-2-1-6-16(18)19(17)30/h1-12H,(H,26,30). The van der Waals surface area contributed by atoms with Gasteiger partial charge in [-0.2, -0.15) is 13.2 Å². The predicted molar refractivity (Wildman–Crippen MR) is 108 cm³/mol. The van der Waals surface area contributed by atoms with Crippen molar-refractivity contribution in [2.45, 2.75) is 6.18 Å². The highest BCUT2D eigenvalue weighted by Crippen LogP contribution is 2.31. The maximum Gasteiger partial charge on any atom is 0.416 e. The lowest BCUT2D eigenvalue weighted by Gasteiger charge is -2.10. The molecule has 0 saturated carbocycles. The van der Waals surface area contributed by atoms with Crippen LogP contribution in [-0.4, -0.2) is 19.7 Å². The van der Waals surface area contributed by atoms with E-state index in [-0.39, 0.29) is 28.3 Å². The molecule has 0 aliphatic rings. The van der Waals surface area contributed by atoms with Crippen molar-refractivity contribution in [1.29, 1.82) is 0 Å². The maximum atomic E-state index is 13.3. The summed E-state index contributed by atoms with van der Waals surface area (Å²) in [6.07, 6.45) is -0.189. The molecule has 31 heavy (non-hydrogen) atoms. The molecule has 2 aromatic carbocycles. The number of alkyl halides is 3. The van der Waals surface area contributed by atoms with Gasteiger partial charge in [-0.25, -0.2) is 9.67 Å². The van der Waals surface area contributed by atoms with Gasteiger partial charge in [0.15, 0.2) is 17.1 Å². The second-order valence-electron chi connectivity index (χ2n) is 6.81. The number of para-hydroxylation sites is 1. The van der Waals surface area contributed by atoms with Gasteiger partial charge in [-0.05, 0) is 36.4 Å². The number of halogens is 3. The Bertz CT molecular complexity index is 1450. The smallest absolute Gasteiger partial charge is 0.416 e. The second-order valence-corrected chi connectivity index (χ2v) is 6.81. The molecule has 0 bridgehead atoms. The molecule has 0 radical (unpaired) electrons. The quantitative estimate of drug-likeness (QED) is 0.441. The highest BCUT2D eigenvalue weighted by Gasteiger charge is 2.31. The highest BCUT2D eigenvalue weighted by molar-refractivity contribution is 5.82. The first-order chi connectivity index (χ1) is 14.9. The van der Waals surface area contributed by atoms with E-state index < -0.39 is 11.7 Å². The average Bonchev–Trinajstić information content (AvgIpc) is 3.44. The van der Waals surface area contributed by atoms with Crippen molar-refractivity contribution in [1.82, 2.24) is 19.7 Å². The van der Waals surface area contributed by atoms with Gasteiger partial charge < -0.3 is 9.40 Å². The number of nitrogens with one attached hydrogen (secondary N) is 1. The van der Waals surface area contributed by atoms with Crippen molar-refractivity contribution in [3.05, 3.63) is 89.1 Å². The summed E-state index contributed by atoms with van der Waals surface area (Å²) in [4.78, 5) is 20.6. The van der Waals surface area contributed by atoms with E-state index in [4.69, 9.17) is 4.42 Å². The van der Waals surface area contributed by atoms with E-state index in [9.17, 15) is 18.0 Å². The normalized spacial score (nSPS) is 11.8. The van der Waals surface area contributed by atoms with Crippen molar-refractivity contribution in [3.63, 3.8) is 0 Å². The van der Waals surface area contributed by atoms with E-state index in [1.807, 2.05) is 0 Å². The van der Waals surface area contributed by atoms with Crippen LogP contribution < -0.4 is 5.43 Å². The monoisotopic (exact) mass is 422 g/mol. The van der Waals surface area contributed by atoms with E-state index in [1.54, 1.807) is 30.3 Å². The summed E-state index contributed by atoms with van der Waals surface area (Å²) in [5.74, 6) is 0.330. The predicted octanol–water partition coefficient (Wildman–Crippen LogP) is 5.05. The highest BCUT2D eigenvalue weighted by atomic mass is 19.4. The molecule has 5 aromatic rings. The van der Waals surface area contributed by atoms with Gasteiger partial charge in [0.2, 0.25) is 0 Å². The number of aromatic nitrogens is 4. The topological polar surface area (TPSA) is 76.7 Å². The number of fused-ring (bicyclic) bond motifs is 1.